The molecule has 0 aromatic rings. The Morgan fingerprint density at radius 3 is 1.79 bits per heavy atom. The van der Waals surface area contributed by atoms with Crippen molar-refractivity contribution in [1.82, 2.24) is 16.0 Å². The van der Waals surface area contributed by atoms with Crippen LogP contribution in [0.3, 0.4) is 0 Å². The molecule has 0 spiro atoms. The molecule has 5 unspecified atom stereocenters. The Morgan fingerprint density at radius 2 is 1.36 bits per heavy atom. The summed E-state index contributed by atoms with van der Waals surface area (Å²) in [5.74, 6) is -5.91. The summed E-state index contributed by atoms with van der Waals surface area (Å²) < 4.78 is 0. The van der Waals surface area contributed by atoms with Gasteiger partial charge in [0.05, 0.1) is 18.6 Å². The van der Waals surface area contributed by atoms with Gasteiger partial charge in [-0.15, -0.1) is 0 Å². The van der Waals surface area contributed by atoms with Crippen molar-refractivity contribution in [3.63, 3.8) is 0 Å². The van der Waals surface area contributed by atoms with E-state index in [-0.39, 0.29) is 18.8 Å². The fraction of sp³-hybridized carbons (Fsp3) is 0.684. The molecule has 0 aromatic heterocycles. The fourth-order valence-electron chi connectivity index (χ4n) is 2.77. The highest BCUT2D eigenvalue weighted by atomic mass is 16.4. The van der Waals surface area contributed by atoms with E-state index >= 15 is 0 Å². The van der Waals surface area contributed by atoms with Gasteiger partial charge in [-0.3, -0.25) is 24.0 Å². The number of aliphatic carboxylic acids is 1. The van der Waals surface area contributed by atoms with E-state index in [9.17, 15) is 33.9 Å². The summed E-state index contributed by atoms with van der Waals surface area (Å²) in [4.78, 5) is 71.0. The second kappa shape index (κ2) is 14.0. The number of carboxylic acid groups (broad SMARTS) is 1. The van der Waals surface area contributed by atoms with Crippen LogP contribution < -0.4 is 33.2 Å². The van der Waals surface area contributed by atoms with Crippen molar-refractivity contribution in [3.05, 3.63) is 0 Å². The number of primary amides is 2. The number of aliphatic hydroxyl groups is 1. The molecule has 0 bridgehead atoms. The minimum Gasteiger partial charge on any atom is -0.480 e. The predicted octanol–water partition coefficient (Wildman–Crippen LogP) is -3.58. The summed E-state index contributed by atoms with van der Waals surface area (Å²) in [5.41, 5.74) is 15.9. The molecule has 0 saturated carbocycles. The van der Waals surface area contributed by atoms with E-state index in [4.69, 9.17) is 22.3 Å². The molecular weight excluding hydrogens is 440 g/mol. The quantitative estimate of drug-likeness (QED) is 0.116. The molecule has 11 N–H and O–H groups in total. The van der Waals surface area contributed by atoms with Gasteiger partial charge in [-0.1, -0.05) is 13.8 Å². The van der Waals surface area contributed by atoms with E-state index in [0.717, 1.165) is 6.92 Å². The number of hydrogen-bond acceptors (Lipinski definition) is 8. The van der Waals surface area contributed by atoms with Crippen LogP contribution in [0.25, 0.3) is 0 Å². The van der Waals surface area contributed by atoms with Crippen LogP contribution in [0.4, 0.5) is 0 Å². The highest BCUT2D eigenvalue weighted by Crippen LogP contribution is 2.06. The summed E-state index contributed by atoms with van der Waals surface area (Å²) in [6.45, 7) is 4.85. The minimum atomic E-state index is -1.69. The molecule has 0 rings (SSSR count). The molecule has 0 saturated heterocycles. The maximum Gasteiger partial charge on any atom is 0.326 e. The van der Waals surface area contributed by atoms with E-state index in [1.54, 1.807) is 0 Å². The summed E-state index contributed by atoms with van der Waals surface area (Å²) in [6.07, 6.45) is -2.37. The largest absolute Gasteiger partial charge is 0.480 e. The van der Waals surface area contributed by atoms with Gasteiger partial charge in [-0.2, -0.15) is 0 Å². The normalized spacial score (nSPS) is 15.5. The highest BCUT2D eigenvalue weighted by molar-refractivity contribution is 5.95. The lowest BCUT2D eigenvalue weighted by molar-refractivity contribution is -0.144. The third kappa shape index (κ3) is 11.8. The number of carbonyl (C=O) groups excluding carboxylic acids is 5. The monoisotopic (exact) mass is 474 g/mol. The van der Waals surface area contributed by atoms with E-state index < -0.39 is 72.2 Å². The smallest absolute Gasteiger partial charge is 0.326 e. The maximum absolute atomic E-state index is 12.8. The molecule has 0 radical (unpaired) electrons. The van der Waals surface area contributed by atoms with Crippen LogP contribution in [0.1, 0.15) is 46.5 Å². The third-order valence-corrected chi connectivity index (χ3v) is 4.46. The Balaban J connectivity index is 5.50. The van der Waals surface area contributed by atoms with E-state index in [1.165, 1.54) is 0 Å². The van der Waals surface area contributed by atoms with Gasteiger partial charge in [0.15, 0.2) is 0 Å². The first-order valence-electron chi connectivity index (χ1n) is 10.3. The first-order chi connectivity index (χ1) is 15.1. The van der Waals surface area contributed by atoms with Crippen LogP contribution >= 0.6 is 0 Å². The van der Waals surface area contributed by atoms with Crippen molar-refractivity contribution in [2.24, 2.45) is 23.1 Å². The van der Waals surface area contributed by atoms with E-state index in [1.807, 2.05) is 19.2 Å². The summed E-state index contributed by atoms with van der Waals surface area (Å²) in [5, 5.41) is 25.7. The maximum atomic E-state index is 12.8. The first-order valence-corrected chi connectivity index (χ1v) is 10.3. The van der Waals surface area contributed by atoms with Gasteiger partial charge in [0, 0.05) is 6.42 Å². The number of carboxylic acids is 1. The number of nitrogens with one attached hydrogen (secondary N) is 3. The Morgan fingerprint density at radius 1 is 0.818 bits per heavy atom. The molecule has 33 heavy (non-hydrogen) atoms. The Hall–Kier alpha value is -3.26. The van der Waals surface area contributed by atoms with Crippen molar-refractivity contribution in [3.8, 4) is 0 Å². The molecule has 0 aliphatic rings. The molecule has 5 atom stereocenters. The van der Waals surface area contributed by atoms with Crippen molar-refractivity contribution >= 4 is 35.5 Å². The summed E-state index contributed by atoms with van der Waals surface area (Å²) >= 11 is 0. The molecule has 0 aliphatic carbocycles. The van der Waals surface area contributed by atoms with Gasteiger partial charge in [0.1, 0.15) is 18.1 Å². The number of aliphatic hydroxyl groups excluding tert-OH is 1. The van der Waals surface area contributed by atoms with Crippen LogP contribution in [0, 0.1) is 5.92 Å². The second-order valence-corrected chi connectivity index (χ2v) is 8.10. The molecule has 0 aromatic carbocycles. The lowest BCUT2D eigenvalue weighted by Gasteiger charge is -2.26. The number of carbonyl (C=O) groups is 6. The molecule has 0 aliphatic heterocycles. The number of rotatable bonds is 15. The predicted molar refractivity (Wildman–Crippen MR) is 115 cm³/mol. The zero-order valence-electron chi connectivity index (χ0n) is 18.9. The average Bonchev–Trinajstić information content (AvgIpc) is 2.66. The Labute approximate surface area is 191 Å². The van der Waals surface area contributed by atoms with Crippen molar-refractivity contribution in [2.75, 3.05) is 0 Å². The first kappa shape index (κ1) is 29.7. The van der Waals surface area contributed by atoms with Gasteiger partial charge in [0.25, 0.3) is 0 Å². The molecule has 5 amide bonds. The zero-order chi connectivity index (χ0) is 25.9. The van der Waals surface area contributed by atoms with Gasteiger partial charge in [-0.05, 0) is 25.7 Å². The lowest BCUT2D eigenvalue weighted by Crippen LogP contribution is -2.60. The van der Waals surface area contributed by atoms with Crippen molar-refractivity contribution < 1.29 is 39.0 Å². The molecule has 14 nitrogen and oxygen atoms in total. The SMILES string of the molecule is CC(C)CC(N)C(=O)NC(CCC(N)=O)C(=O)NC(C(=O)NC(CC(N)=O)C(=O)O)C(C)O. The average molecular weight is 475 g/mol. The van der Waals surface area contributed by atoms with Gasteiger partial charge in [0.2, 0.25) is 29.5 Å². The van der Waals surface area contributed by atoms with Crippen LogP contribution in [0.2, 0.25) is 0 Å². The molecule has 14 heteroatoms. The molecule has 0 fully saturated rings. The molecule has 0 heterocycles. The van der Waals surface area contributed by atoms with Gasteiger partial charge < -0.3 is 43.4 Å². The van der Waals surface area contributed by atoms with Crippen molar-refractivity contribution in [2.45, 2.75) is 76.7 Å². The topological polar surface area (TPSA) is 257 Å². The Kier molecular flexibility index (Phi) is 12.6. The summed E-state index contributed by atoms with van der Waals surface area (Å²) in [6, 6.07) is -5.59. The number of hydrogen-bond donors (Lipinski definition) is 8. The second-order valence-electron chi connectivity index (χ2n) is 8.10. The minimum absolute atomic E-state index is 0.0922. The van der Waals surface area contributed by atoms with Crippen molar-refractivity contribution in [1.29, 1.82) is 0 Å². The Bertz CT molecular complexity index is 742. The van der Waals surface area contributed by atoms with Crippen LogP contribution in [-0.2, 0) is 28.8 Å². The number of amides is 5. The standard InChI is InChI=1S/C19H34N6O8/c1-8(2)6-10(20)16(29)23-11(4-5-13(21)27)17(30)25-15(9(3)26)18(31)24-12(19(32)33)7-14(22)28/h8-12,15,26H,4-7,20H2,1-3H3,(H2,21,27)(H2,22,28)(H,23,29)(H,24,31)(H,25,30)(H,32,33). The fourth-order valence-corrected chi connectivity index (χ4v) is 2.77. The highest BCUT2D eigenvalue weighted by Gasteiger charge is 2.33. The van der Waals surface area contributed by atoms with Gasteiger partial charge >= 0.3 is 5.97 Å². The van der Waals surface area contributed by atoms with Crippen LogP contribution in [0.15, 0.2) is 0 Å². The third-order valence-electron chi connectivity index (χ3n) is 4.46. The number of nitrogens with two attached hydrogens (primary N) is 3. The van der Waals surface area contributed by atoms with Crippen LogP contribution in [0.5, 0.6) is 0 Å². The van der Waals surface area contributed by atoms with Gasteiger partial charge in [-0.25, -0.2) is 4.79 Å². The summed E-state index contributed by atoms with van der Waals surface area (Å²) in [7, 11) is 0. The lowest BCUT2D eigenvalue weighted by atomic mass is 10.0. The zero-order valence-corrected chi connectivity index (χ0v) is 18.9. The molecular formula is C19H34N6O8. The van der Waals surface area contributed by atoms with E-state index in [2.05, 4.69) is 10.6 Å². The van der Waals surface area contributed by atoms with E-state index in [0.29, 0.717) is 6.42 Å². The van der Waals surface area contributed by atoms with Crippen LogP contribution in [-0.4, -0.2) is 76.0 Å². The molecule has 188 valence electrons.